The zero-order chi connectivity index (χ0) is 24.0. The summed E-state index contributed by atoms with van der Waals surface area (Å²) in [6.07, 6.45) is 4.22. The number of carbonyl (C=O) groups is 3. The van der Waals surface area contributed by atoms with Crippen molar-refractivity contribution >= 4 is 35.0 Å². The summed E-state index contributed by atoms with van der Waals surface area (Å²) in [6.45, 7) is 10.2. The number of hydrogen-bond acceptors (Lipinski definition) is 7. The van der Waals surface area contributed by atoms with Crippen LogP contribution in [0.1, 0.15) is 57.1 Å². The van der Waals surface area contributed by atoms with Crippen molar-refractivity contribution in [2.75, 3.05) is 36.0 Å². The van der Waals surface area contributed by atoms with Gasteiger partial charge >= 0.3 is 11.9 Å². The van der Waals surface area contributed by atoms with E-state index in [1.165, 1.54) is 6.07 Å². The molecular formula is C22H24N6O5. The minimum Gasteiger partial charge on any atom is -0.476 e. The number of nitrogens with two attached hydrogens (primary N) is 1. The summed E-state index contributed by atoms with van der Waals surface area (Å²) in [7, 11) is 0. The summed E-state index contributed by atoms with van der Waals surface area (Å²) in [5, 5.41) is 18.1. The first-order chi connectivity index (χ1) is 15.8. The molecule has 1 amide bonds. The maximum atomic E-state index is 11.1. The lowest BCUT2D eigenvalue weighted by Crippen LogP contribution is -2.23. The summed E-state index contributed by atoms with van der Waals surface area (Å²) >= 11 is 0. The molecule has 2 aromatic rings. The molecule has 2 aliphatic heterocycles. The Morgan fingerprint density at radius 2 is 1.27 bits per heavy atom. The zero-order valence-corrected chi connectivity index (χ0v) is 17.9. The van der Waals surface area contributed by atoms with Gasteiger partial charge in [-0.15, -0.1) is 4.98 Å². The fourth-order valence-electron chi connectivity index (χ4n) is 3.83. The normalized spacial score (nSPS) is 14.9. The van der Waals surface area contributed by atoms with Gasteiger partial charge in [0.15, 0.2) is 5.69 Å². The third-order valence-electron chi connectivity index (χ3n) is 5.40. The first kappa shape index (κ1) is 23.5. The van der Waals surface area contributed by atoms with E-state index in [-0.39, 0.29) is 22.9 Å². The van der Waals surface area contributed by atoms with Crippen LogP contribution in [-0.4, -0.2) is 64.2 Å². The van der Waals surface area contributed by atoms with Crippen LogP contribution in [0.2, 0.25) is 0 Å². The van der Waals surface area contributed by atoms with Gasteiger partial charge in [-0.25, -0.2) is 14.6 Å². The molecule has 0 spiro atoms. The van der Waals surface area contributed by atoms with Gasteiger partial charge in [-0.2, -0.15) is 0 Å². The lowest BCUT2D eigenvalue weighted by Gasteiger charge is -2.19. The Morgan fingerprint density at radius 3 is 1.70 bits per heavy atom. The van der Waals surface area contributed by atoms with Crippen LogP contribution in [0, 0.1) is 6.57 Å². The lowest BCUT2D eigenvalue weighted by atomic mass is 10.2. The second-order valence-corrected chi connectivity index (χ2v) is 7.58. The Kier molecular flexibility index (Phi) is 7.40. The monoisotopic (exact) mass is 452 g/mol. The molecule has 0 atom stereocenters. The number of amides is 1. The second-order valence-electron chi connectivity index (χ2n) is 7.58. The zero-order valence-electron chi connectivity index (χ0n) is 17.9. The molecule has 0 saturated carbocycles. The number of carboxylic acid groups (broad SMARTS) is 2. The number of hydrogen-bond donors (Lipinski definition) is 3. The van der Waals surface area contributed by atoms with E-state index in [0.717, 1.165) is 51.9 Å². The van der Waals surface area contributed by atoms with Gasteiger partial charge in [0.05, 0.1) is 11.4 Å². The lowest BCUT2D eigenvalue weighted by molar-refractivity contribution is 0.0680. The van der Waals surface area contributed by atoms with Gasteiger partial charge in [0, 0.05) is 26.2 Å². The molecule has 2 fully saturated rings. The van der Waals surface area contributed by atoms with Gasteiger partial charge in [-0.05, 0) is 49.9 Å². The average molecular weight is 452 g/mol. The molecule has 11 heteroatoms. The van der Waals surface area contributed by atoms with Crippen molar-refractivity contribution in [3.05, 3.63) is 52.8 Å². The Balaban J connectivity index is 0.000000186. The van der Waals surface area contributed by atoms with Crippen LogP contribution < -0.4 is 15.5 Å². The first-order valence-corrected chi connectivity index (χ1v) is 10.5. The van der Waals surface area contributed by atoms with Crippen LogP contribution in [0.5, 0.6) is 0 Å². The number of pyridine rings is 2. The van der Waals surface area contributed by atoms with E-state index in [4.69, 9.17) is 22.5 Å². The molecule has 0 unspecified atom stereocenters. The van der Waals surface area contributed by atoms with Crippen LogP contribution in [0.25, 0.3) is 4.85 Å². The van der Waals surface area contributed by atoms with E-state index in [9.17, 15) is 14.4 Å². The van der Waals surface area contributed by atoms with Crippen LogP contribution >= 0.6 is 0 Å². The summed E-state index contributed by atoms with van der Waals surface area (Å²) in [4.78, 5) is 47.9. The largest absolute Gasteiger partial charge is 0.476 e. The highest BCUT2D eigenvalue weighted by Gasteiger charge is 2.24. The number of primary amides is 1. The SMILES string of the molecule is NC(=O)c1ccc(N2CCCC2)c(C(=O)O)n1.[C-]#[N+]c1ccc(N2CCCC2)c(C(=O)O)n1. The third-order valence-corrected chi connectivity index (χ3v) is 5.40. The highest BCUT2D eigenvalue weighted by atomic mass is 16.4. The smallest absolute Gasteiger partial charge is 0.380 e. The van der Waals surface area contributed by atoms with Crippen molar-refractivity contribution in [2.45, 2.75) is 25.7 Å². The number of rotatable bonds is 5. The number of nitrogens with zero attached hydrogens (tertiary/aromatic N) is 5. The van der Waals surface area contributed by atoms with Crippen molar-refractivity contribution < 1.29 is 24.6 Å². The van der Waals surface area contributed by atoms with Crippen molar-refractivity contribution in [3.8, 4) is 0 Å². The predicted octanol–water partition coefficient (Wildman–Crippen LogP) is 2.41. The Hall–Kier alpha value is -4.20. The molecule has 0 radical (unpaired) electrons. The molecule has 11 nitrogen and oxygen atoms in total. The van der Waals surface area contributed by atoms with E-state index in [2.05, 4.69) is 14.8 Å². The van der Waals surface area contributed by atoms with Crippen molar-refractivity contribution in [2.24, 2.45) is 5.73 Å². The van der Waals surface area contributed by atoms with Crippen LogP contribution in [0.15, 0.2) is 24.3 Å². The third kappa shape index (κ3) is 5.54. The number of anilines is 2. The summed E-state index contributed by atoms with van der Waals surface area (Å²) in [5.74, 6) is -2.82. The second kappa shape index (κ2) is 10.4. The molecule has 172 valence electrons. The van der Waals surface area contributed by atoms with Crippen LogP contribution in [0.4, 0.5) is 17.2 Å². The Bertz CT molecular complexity index is 1100. The van der Waals surface area contributed by atoms with E-state index in [0.29, 0.717) is 11.4 Å². The van der Waals surface area contributed by atoms with Crippen molar-refractivity contribution in [1.29, 1.82) is 0 Å². The van der Waals surface area contributed by atoms with Crippen LogP contribution in [-0.2, 0) is 0 Å². The fraction of sp³-hybridized carbons (Fsp3) is 0.364. The quantitative estimate of drug-likeness (QED) is 0.580. The van der Waals surface area contributed by atoms with Crippen LogP contribution in [0.3, 0.4) is 0 Å². The molecule has 0 aliphatic carbocycles. The Morgan fingerprint density at radius 1 is 0.818 bits per heavy atom. The average Bonchev–Trinajstić information content (AvgIpc) is 3.53. The molecular weight excluding hydrogens is 428 g/mol. The van der Waals surface area contributed by atoms with Gasteiger partial charge in [0.1, 0.15) is 5.69 Å². The van der Waals surface area contributed by atoms with E-state index >= 15 is 0 Å². The number of aromatic nitrogens is 2. The van der Waals surface area contributed by atoms with Gasteiger partial charge in [0.25, 0.3) is 17.4 Å². The summed E-state index contributed by atoms with van der Waals surface area (Å²) < 4.78 is 0. The van der Waals surface area contributed by atoms with Crippen molar-refractivity contribution in [1.82, 2.24) is 9.97 Å². The minimum atomic E-state index is -1.14. The molecule has 2 aromatic heterocycles. The molecule has 0 aromatic carbocycles. The van der Waals surface area contributed by atoms with Gasteiger partial charge in [-0.1, -0.05) is 6.57 Å². The first-order valence-electron chi connectivity index (χ1n) is 10.5. The molecule has 2 saturated heterocycles. The molecule has 4 heterocycles. The highest BCUT2D eigenvalue weighted by molar-refractivity contribution is 5.96. The highest BCUT2D eigenvalue weighted by Crippen LogP contribution is 2.26. The molecule has 33 heavy (non-hydrogen) atoms. The maximum absolute atomic E-state index is 11.1. The molecule has 0 bridgehead atoms. The van der Waals surface area contributed by atoms with Crippen molar-refractivity contribution in [3.63, 3.8) is 0 Å². The maximum Gasteiger partial charge on any atom is 0.380 e. The summed E-state index contributed by atoms with van der Waals surface area (Å²) in [6, 6.07) is 6.30. The van der Waals surface area contributed by atoms with Gasteiger partial charge < -0.3 is 30.6 Å². The number of aromatic carboxylic acids is 2. The molecule has 4 rings (SSSR count). The molecule has 2 aliphatic rings. The van der Waals surface area contributed by atoms with Gasteiger partial charge in [0.2, 0.25) is 0 Å². The number of carbonyl (C=O) groups excluding carboxylic acids is 1. The Labute approximate surface area is 190 Å². The standard InChI is InChI=1S/C11H13N3O3.C11H11N3O2/c12-10(15)7-3-4-8(9(13-7)11(16)17)14-5-1-2-6-14;1-12-9-5-4-8(10(13-9)11(15)16)14-6-2-3-7-14/h3-4H,1-2,5-6H2,(H2,12,15)(H,16,17);4-5H,2-3,6-7H2,(H,15,16). The van der Waals surface area contributed by atoms with E-state index in [1.807, 2.05) is 9.80 Å². The summed E-state index contributed by atoms with van der Waals surface area (Å²) in [5.41, 5.74) is 6.11. The molecule has 4 N–H and O–H groups in total. The predicted molar refractivity (Wildman–Crippen MR) is 120 cm³/mol. The number of carboxylic acids is 2. The minimum absolute atomic E-state index is 0.0181. The fourth-order valence-corrected chi connectivity index (χ4v) is 3.83. The van der Waals surface area contributed by atoms with E-state index < -0.39 is 17.8 Å². The van der Waals surface area contributed by atoms with E-state index in [1.54, 1.807) is 18.2 Å². The topological polar surface area (TPSA) is 154 Å². The van der Waals surface area contributed by atoms with Gasteiger partial charge in [-0.3, -0.25) is 4.79 Å².